The van der Waals surface area contributed by atoms with Gasteiger partial charge in [0.05, 0.1) is 13.1 Å². The van der Waals surface area contributed by atoms with Gasteiger partial charge >= 0.3 is 5.97 Å². The van der Waals surface area contributed by atoms with Crippen LogP contribution in [0.15, 0.2) is 25.3 Å². The number of nitrogens with zero attached hydrogens (tertiary/aromatic N) is 2. The summed E-state index contributed by atoms with van der Waals surface area (Å²) in [5.41, 5.74) is 0. The van der Waals surface area contributed by atoms with Gasteiger partial charge in [0.15, 0.2) is 0 Å². The highest BCUT2D eigenvalue weighted by Crippen LogP contribution is 1.97. The standard InChI is InChI=1S/C13H22N2O3/c1-4-7-14(11-13(17)18)10-12(16)15(8-5-2)9-6-3/h5-6H,2-4,7-11H2,1H3,(H,17,18). The SMILES string of the molecule is C=CCN(CC=C)C(=O)CN(CCC)CC(=O)O. The van der Waals surface area contributed by atoms with Crippen molar-refractivity contribution in [2.45, 2.75) is 13.3 Å². The first kappa shape index (κ1) is 16.4. The molecule has 5 nitrogen and oxygen atoms in total. The van der Waals surface area contributed by atoms with Crippen molar-refractivity contribution in [1.29, 1.82) is 0 Å². The van der Waals surface area contributed by atoms with E-state index in [0.717, 1.165) is 6.42 Å². The normalized spacial score (nSPS) is 10.1. The Hall–Kier alpha value is -1.62. The van der Waals surface area contributed by atoms with E-state index in [9.17, 15) is 9.59 Å². The number of carboxylic acids is 1. The maximum Gasteiger partial charge on any atom is 0.317 e. The molecule has 0 aliphatic carbocycles. The number of amides is 1. The van der Waals surface area contributed by atoms with Gasteiger partial charge in [-0.2, -0.15) is 0 Å². The van der Waals surface area contributed by atoms with Gasteiger partial charge < -0.3 is 10.0 Å². The molecule has 0 aliphatic heterocycles. The topological polar surface area (TPSA) is 60.9 Å². The Bertz CT molecular complexity index is 293. The zero-order chi connectivity index (χ0) is 14.0. The number of carbonyl (C=O) groups excluding carboxylic acids is 1. The Labute approximate surface area is 108 Å². The molecule has 18 heavy (non-hydrogen) atoms. The van der Waals surface area contributed by atoms with Gasteiger partial charge in [-0.15, -0.1) is 13.2 Å². The molecule has 5 heteroatoms. The van der Waals surface area contributed by atoms with Crippen LogP contribution in [0.1, 0.15) is 13.3 Å². The molecule has 0 radical (unpaired) electrons. The van der Waals surface area contributed by atoms with Crippen LogP contribution in [0, 0.1) is 0 Å². The molecule has 0 atom stereocenters. The van der Waals surface area contributed by atoms with Crippen molar-refractivity contribution in [3.05, 3.63) is 25.3 Å². The average molecular weight is 254 g/mol. The maximum atomic E-state index is 12.0. The lowest BCUT2D eigenvalue weighted by atomic mass is 10.3. The molecule has 0 unspecified atom stereocenters. The second-order valence-electron chi connectivity index (χ2n) is 3.98. The van der Waals surface area contributed by atoms with Crippen molar-refractivity contribution in [3.8, 4) is 0 Å². The van der Waals surface area contributed by atoms with Crippen LogP contribution in [0.4, 0.5) is 0 Å². The van der Waals surface area contributed by atoms with E-state index in [1.165, 1.54) is 0 Å². The minimum Gasteiger partial charge on any atom is -0.480 e. The first-order valence-corrected chi connectivity index (χ1v) is 5.98. The molecule has 0 saturated heterocycles. The van der Waals surface area contributed by atoms with E-state index >= 15 is 0 Å². The third-order valence-electron chi connectivity index (χ3n) is 2.31. The molecule has 0 saturated carbocycles. The fourth-order valence-corrected chi connectivity index (χ4v) is 1.60. The Kier molecular flexibility index (Phi) is 8.57. The molecule has 1 amide bonds. The van der Waals surface area contributed by atoms with Gasteiger partial charge in [0.2, 0.25) is 5.91 Å². The summed E-state index contributed by atoms with van der Waals surface area (Å²) < 4.78 is 0. The number of hydrogen-bond donors (Lipinski definition) is 1. The molecule has 0 fully saturated rings. The van der Waals surface area contributed by atoms with Gasteiger partial charge in [-0.3, -0.25) is 14.5 Å². The highest BCUT2D eigenvalue weighted by atomic mass is 16.4. The fourth-order valence-electron chi connectivity index (χ4n) is 1.60. The van der Waals surface area contributed by atoms with Crippen molar-refractivity contribution >= 4 is 11.9 Å². The zero-order valence-electron chi connectivity index (χ0n) is 11.0. The van der Waals surface area contributed by atoms with E-state index in [1.807, 2.05) is 6.92 Å². The number of hydrogen-bond acceptors (Lipinski definition) is 3. The smallest absolute Gasteiger partial charge is 0.317 e. The maximum absolute atomic E-state index is 12.0. The first-order valence-electron chi connectivity index (χ1n) is 5.98. The Balaban J connectivity index is 4.47. The summed E-state index contributed by atoms with van der Waals surface area (Å²) in [4.78, 5) is 25.9. The van der Waals surface area contributed by atoms with Crippen molar-refractivity contribution in [2.75, 3.05) is 32.7 Å². The Morgan fingerprint density at radius 2 is 1.72 bits per heavy atom. The molecule has 0 heterocycles. The molecule has 0 aliphatic rings. The molecule has 0 bridgehead atoms. The zero-order valence-corrected chi connectivity index (χ0v) is 11.0. The molecule has 102 valence electrons. The fraction of sp³-hybridized carbons (Fsp3) is 0.538. The summed E-state index contributed by atoms with van der Waals surface area (Å²) in [6.07, 6.45) is 4.09. The van der Waals surface area contributed by atoms with E-state index in [4.69, 9.17) is 5.11 Å². The second kappa shape index (κ2) is 9.41. The van der Waals surface area contributed by atoms with Gasteiger partial charge in [-0.1, -0.05) is 19.1 Å². The number of aliphatic carboxylic acids is 1. The molecule has 0 rings (SSSR count). The van der Waals surface area contributed by atoms with Gasteiger partial charge in [-0.05, 0) is 13.0 Å². The van der Waals surface area contributed by atoms with E-state index in [-0.39, 0.29) is 19.0 Å². The summed E-state index contributed by atoms with van der Waals surface area (Å²) in [6, 6.07) is 0. The lowest BCUT2D eigenvalue weighted by Gasteiger charge is -2.24. The van der Waals surface area contributed by atoms with Crippen LogP contribution in [0.5, 0.6) is 0 Å². The van der Waals surface area contributed by atoms with Crippen molar-refractivity contribution in [1.82, 2.24) is 9.80 Å². The number of carboxylic acid groups (broad SMARTS) is 1. The highest BCUT2D eigenvalue weighted by molar-refractivity contribution is 5.79. The number of rotatable bonds is 10. The van der Waals surface area contributed by atoms with Crippen molar-refractivity contribution in [2.24, 2.45) is 0 Å². The highest BCUT2D eigenvalue weighted by Gasteiger charge is 2.17. The summed E-state index contributed by atoms with van der Waals surface area (Å²) in [7, 11) is 0. The van der Waals surface area contributed by atoms with Crippen LogP contribution in [0.3, 0.4) is 0 Å². The van der Waals surface area contributed by atoms with Crippen LogP contribution in [0.2, 0.25) is 0 Å². The monoisotopic (exact) mass is 254 g/mol. The van der Waals surface area contributed by atoms with Crippen molar-refractivity contribution < 1.29 is 14.7 Å². The van der Waals surface area contributed by atoms with Gasteiger partial charge in [0, 0.05) is 13.1 Å². The van der Waals surface area contributed by atoms with Gasteiger partial charge in [0.25, 0.3) is 0 Å². The molecule has 0 aromatic heterocycles. The molecule has 0 aromatic carbocycles. The van der Waals surface area contributed by atoms with Gasteiger partial charge in [0.1, 0.15) is 0 Å². The average Bonchev–Trinajstić information content (AvgIpc) is 2.28. The lowest BCUT2D eigenvalue weighted by Crippen LogP contribution is -2.42. The molecule has 1 N–H and O–H groups in total. The van der Waals surface area contributed by atoms with E-state index < -0.39 is 5.97 Å². The minimum absolute atomic E-state index is 0.107. The second-order valence-corrected chi connectivity index (χ2v) is 3.98. The Morgan fingerprint density at radius 3 is 2.11 bits per heavy atom. The van der Waals surface area contributed by atoms with Crippen LogP contribution in [0.25, 0.3) is 0 Å². The predicted octanol–water partition coefficient (Wildman–Crippen LogP) is 0.984. The van der Waals surface area contributed by atoms with E-state index in [1.54, 1.807) is 22.0 Å². The summed E-state index contributed by atoms with van der Waals surface area (Å²) in [5, 5.41) is 8.77. The molecular weight excluding hydrogens is 232 g/mol. The van der Waals surface area contributed by atoms with Crippen LogP contribution >= 0.6 is 0 Å². The molecular formula is C13H22N2O3. The van der Waals surface area contributed by atoms with E-state index in [0.29, 0.717) is 19.6 Å². The molecule has 0 spiro atoms. The van der Waals surface area contributed by atoms with Crippen molar-refractivity contribution in [3.63, 3.8) is 0 Å². The summed E-state index contributed by atoms with van der Waals surface area (Å²) >= 11 is 0. The van der Waals surface area contributed by atoms with Gasteiger partial charge in [-0.25, -0.2) is 0 Å². The third-order valence-corrected chi connectivity index (χ3v) is 2.31. The predicted molar refractivity (Wildman–Crippen MR) is 71.3 cm³/mol. The van der Waals surface area contributed by atoms with Crippen LogP contribution in [-0.4, -0.2) is 59.5 Å². The first-order chi connectivity index (χ1) is 8.54. The van der Waals surface area contributed by atoms with E-state index in [2.05, 4.69) is 13.2 Å². The van der Waals surface area contributed by atoms with Crippen LogP contribution < -0.4 is 0 Å². The summed E-state index contributed by atoms with van der Waals surface area (Å²) in [6.45, 7) is 10.6. The largest absolute Gasteiger partial charge is 0.480 e. The Morgan fingerprint density at radius 1 is 1.17 bits per heavy atom. The third kappa shape index (κ3) is 6.85. The summed E-state index contributed by atoms with van der Waals surface area (Å²) in [5.74, 6) is -1.03. The quantitative estimate of drug-likeness (QED) is 0.590. The molecule has 0 aromatic rings. The lowest BCUT2D eigenvalue weighted by molar-refractivity contribution is -0.139. The van der Waals surface area contributed by atoms with Crippen LogP contribution in [-0.2, 0) is 9.59 Å². The minimum atomic E-state index is -0.921. The number of carbonyl (C=O) groups is 2.